The third kappa shape index (κ3) is 3.81. The third-order valence-corrected chi connectivity index (χ3v) is 5.79. The van der Waals surface area contributed by atoms with Crippen LogP contribution in [0.3, 0.4) is 0 Å². The number of benzene rings is 2. The Bertz CT molecular complexity index is 914. The number of aryl methyl sites for hydroxylation is 1. The Hall–Kier alpha value is -1.71. The van der Waals surface area contributed by atoms with Gasteiger partial charge >= 0.3 is 0 Å². The number of carbonyl (C=O) groups is 2. The van der Waals surface area contributed by atoms with Gasteiger partial charge in [-0.15, -0.1) is 0 Å². The molecule has 0 spiro atoms. The van der Waals surface area contributed by atoms with E-state index in [1.807, 2.05) is 32.9 Å². The lowest BCUT2D eigenvalue weighted by atomic mass is 9.69. The Morgan fingerprint density at radius 1 is 1.07 bits per heavy atom. The molecule has 1 aliphatic rings. The molecule has 0 aliphatic heterocycles. The fourth-order valence-corrected chi connectivity index (χ4v) is 4.32. The number of ketones is 2. The smallest absolute Gasteiger partial charge is 0.160 e. The fourth-order valence-electron chi connectivity index (χ4n) is 3.84. The molecule has 2 aromatic rings. The van der Waals surface area contributed by atoms with Crippen LogP contribution in [0.1, 0.15) is 50.7 Å². The van der Waals surface area contributed by atoms with Crippen LogP contribution in [-0.2, 0) is 16.0 Å². The summed E-state index contributed by atoms with van der Waals surface area (Å²) in [5.41, 5.74) is 2.48. The molecule has 5 heteroatoms. The van der Waals surface area contributed by atoms with E-state index in [1.54, 1.807) is 12.1 Å². The summed E-state index contributed by atoms with van der Waals surface area (Å²) >= 11 is 11.9. The van der Waals surface area contributed by atoms with Crippen molar-refractivity contribution in [3.8, 4) is 11.1 Å². The first-order chi connectivity index (χ1) is 12.6. The molecular formula is C22H21Cl2FO2. The van der Waals surface area contributed by atoms with Crippen molar-refractivity contribution in [3.05, 3.63) is 57.3 Å². The normalized spacial score (nSPS) is 17.4. The van der Waals surface area contributed by atoms with Gasteiger partial charge in [0, 0.05) is 18.4 Å². The van der Waals surface area contributed by atoms with E-state index in [1.165, 1.54) is 6.07 Å². The van der Waals surface area contributed by atoms with E-state index in [2.05, 4.69) is 0 Å². The van der Waals surface area contributed by atoms with Crippen molar-refractivity contribution in [1.82, 2.24) is 0 Å². The molecule has 0 radical (unpaired) electrons. The average Bonchev–Trinajstić information content (AvgIpc) is 2.58. The van der Waals surface area contributed by atoms with Gasteiger partial charge in [0.2, 0.25) is 0 Å². The maximum Gasteiger partial charge on any atom is 0.160 e. The molecule has 27 heavy (non-hydrogen) atoms. The van der Waals surface area contributed by atoms with E-state index < -0.39 is 11.7 Å². The third-order valence-electron chi connectivity index (χ3n) is 5.13. The molecule has 142 valence electrons. The second-order valence-electron chi connectivity index (χ2n) is 7.87. The van der Waals surface area contributed by atoms with Crippen molar-refractivity contribution in [2.75, 3.05) is 0 Å². The van der Waals surface area contributed by atoms with Gasteiger partial charge in [-0.25, -0.2) is 4.39 Å². The fraction of sp³-hybridized carbons (Fsp3) is 0.364. The standard InChI is InChI=1S/C22H21Cl2FO2/c1-4-12-5-6-13(14-7-8-16(23)21(25)20(14)24)9-15(12)19-17(26)10-22(2,3)11-18(19)27/h5-9,19H,4,10-11H2,1-3H3. The van der Waals surface area contributed by atoms with Crippen LogP contribution in [0.25, 0.3) is 11.1 Å². The van der Waals surface area contributed by atoms with Crippen molar-refractivity contribution in [3.63, 3.8) is 0 Å². The SMILES string of the molecule is CCc1ccc(-c2ccc(Cl)c(F)c2Cl)cc1C1C(=O)CC(C)(C)CC1=O. The van der Waals surface area contributed by atoms with Crippen molar-refractivity contribution in [2.24, 2.45) is 5.41 Å². The minimum atomic E-state index is -0.760. The molecule has 0 unspecified atom stereocenters. The van der Waals surface area contributed by atoms with Crippen LogP contribution >= 0.6 is 23.2 Å². The van der Waals surface area contributed by atoms with Gasteiger partial charge in [0.25, 0.3) is 0 Å². The van der Waals surface area contributed by atoms with Gasteiger partial charge in [0.1, 0.15) is 17.5 Å². The number of rotatable bonds is 3. The Morgan fingerprint density at radius 2 is 1.70 bits per heavy atom. The van der Waals surface area contributed by atoms with Gasteiger partial charge in [-0.05, 0) is 40.7 Å². The number of carbonyl (C=O) groups excluding carboxylic acids is 2. The summed E-state index contributed by atoms with van der Waals surface area (Å²) in [5, 5.41) is -0.117. The molecule has 0 saturated heterocycles. The Morgan fingerprint density at radius 3 is 2.30 bits per heavy atom. The average molecular weight is 407 g/mol. The molecule has 0 amide bonds. The quantitative estimate of drug-likeness (QED) is 0.436. The van der Waals surface area contributed by atoms with E-state index >= 15 is 0 Å². The summed E-state index contributed by atoms with van der Waals surface area (Å²) in [4.78, 5) is 25.6. The number of halogens is 3. The molecule has 1 aliphatic carbocycles. The van der Waals surface area contributed by atoms with E-state index in [0.29, 0.717) is 36.0 Å². The summed E-state index contributed by atoms with van der Waals surface area (Å²) in [6.07, 6.45) is 1.43. The lowest BCUT2D eigenvalue weighted by Gasteiger charge is -2.33. The van der Waals surface area contributed by atoms with E-state index in [9.17, 15) is 14.0 Å². The van der Waals surface area contributed by atoms with Gasteiger partial charge < -0.3 is 0 Å². The van der Waals surface area contributed by atoms with E-state index in [-0.39, 0.29) is 27.0 Å². The maximum absolute atomic E-state index is 14.1. The lowest BCUT2D eigenvalue weighted by molar-refractivity contribution is -0.135. The first-order valence-electron chi connectivity index (χ1n) is 8.96. The second kappa shape index (κ2) is 7.37. The molecule has 0 atom stereocenters. The number of Topliss-reactive ketones (excluding diaryl/α,β-unsaturated/α-hetero) is 2. The van der Waals surface area contributed by atoms with Crippen LogP contribution in [0, 0.1) is 11.2 Å². The van der Waals surface area contributed by atoms with Gasteiger partial charge in [-0.3, -0.25) is 9.59 Å². The highest BCUT2D eigenvalue weighted by Crippen LogP contribution is 2.41. The Kier molecular flexibility index (Phi) is 5.47. The first-order valence-corrected chi connectivity index (χ1v) is 9.72. The van der Waals surface area contributed by atoms with Crippen LogP contribution in [0.5, 0.6) is 0 Å². The molecule has 1 fully saturated rings. The van der Waals surface area contributed by atoms with Crippen LogP contribution < -0.4 is 0 Å². The minimum absolute atomic E-state index is 0.0472. The summed E-state index contributed by atoms with van der Waals surface area (Å²) < 4.78 is 14.1. The molecule has 0 bridgehead atoms. The topological polar surface area (TPSA) is 34.1 Å². The number of hydrogen-bond acceptors (Lipinski definition) is 2. The van der Waals surface area contributed by atoms with E-state index in [4.69, 9.17) is 23.2 Å². The van der Waals surface area contributed by atoms with Crippen molar-refractivity contribution >= 4 is 34.8 Å². The Labute approximate surface area is 168 Å². The second-order valence-corrected chi connectivity index (χ2v) is 8.66. The molecular weight excluding hydrogens is 386 g/mol. The summed E-state index contributed by atoms with van der Waals surface area (Å²) in [6.45, 7) is 5.86. The van der Waals surface area contributed by atoms with Gasteiger partial charge in [0.05, 0.1) is 10.0 Å². The van der Waals surface area contributed by atoms with Crippen LogP contribution in [0.4, 0.5) is 4.39 Å². The molecule has 3 rings (SSSR count). The highest BCUT2D eigenvalue weighted by Gasteiger charge is 2.41. The maximum atomic E-state index is 14.1. The molecule has 2 nitrogen and oxygen atoms in total. The molecule has 1 saturated carbocycles. The van der Waals surface area contributed by atoms with Crippen LogP contribution in [0.15, 0.2) is 30.3 Å². The molecule has 0 aromatic heterocycles. The summed E-state index contributed by atoms with van der Waals surface area (Å²) in [7, 11) is 0. The van der Waals surface area contributed by atoms with Crippen LogP contribution in [0.2, 0.25) is 10.0 Å². The monoisotopic (exact) mass is 406 g/mol. The molecule has 0 N–H and O–H groups in total. The minimum Gasteiger partial charge on any atom is -0.299 e. The zero-order valence-electron chi connectivity index (χ0n) is 15.5. The van der Waals surface area contributed by atoms with Crippen LogP contribution in [-0.4, -0.2) is 11.6 Å². The number of hydrogen-bond donors (Lipinski definition) is 0. The van der Waals surface area contributed by atoms with Crippen molar-refractivity contribution in [1.29, 1.82) is 0 Å². The highest BCUT2D eigenvalue weighted by atomic mass is 35.5. The Balaban J connectivity index is 2.12. The molecule has 2 aromatic carbocycles. The predicted molar refractivity (Wildman–Crippen MR) is 107 cm³/mol. The first kappa shape index (κ1) is 20.0. The van der Waals surface area contributed by atoms with Crippen molar-refractivity contribution < 1.29 is 14.0 Å². The summed E-state index contributed by atoms with van der Waals surface area (Å²) in [6, 6.07) is 8.61. The summed E-state index contributed by atoms with van der Waals surface area (Å²) in [5.74, 6) is -1.56. The zero-order chi connectivity index (χ0) is 19.9. The lowest BCUT2D eigenvalue weighted by Crippen LogP contribution is -2.36. The van der Waals surface area contributed by atoms with Gasteiger partial charge in [-0.2, -0.15) is 0 Å². The van der Waals surface area contributed by atoms with E-state index in [0.717, 1.165) is 5.56 Å². The van der Waals surface area contributed by atoms with Crippen molar-refractivity contribution in [2.45, 2.75) is 46.0 Å². The van der Waals surface area contributed by atoms with Gasteiger partial charge in [0.15, 0.2) is 5.82 Å². The largest absolute Gasteiger partial charge is 0.299 e. The molecule has 0 heterocycles. The zero-order valence-corrected chi connectivity index (χ0v) is 17.0. The highest BCUT2D eigenvalue weighted by molar-refractivity contribution is 6.36. The van der Waals surface area contributed by atoms with Gasteiger partial charge in [-0.1, -0.05) is 62.2 Å². The predicted octanol–water partition coefficient (Wildman–Crippen LogP) is 6.40.